The molecule has 28 heavy (non-hydrogen) atoms. The summed E-state index contributed by atoms with van der Waals surface area (Å²) in [6.45, 7) is 1.91. The molecular formula is C16H12ClF6NO3S. The Morgan fingerprint density at radius 3 is 1.93 bits per heavy atom. The molecule has 12 heteroatoms. The summed E-state index contributed by atoms with van der Waals surface area (Å²) >= 11 is 5.87. The second kappa shape index (κ2) is 7.70. The molecular weight excluding hydrogens is 436 g/mol. The van der Waals surface area contributed by atoms with Crippen molar-refractivity contribution < 1.29 is 39.5 Å². The van der Waals surface area contributed by atoms with Gasteiger partial charge in [0.2, 0.25) is 0 Å². The number of nitrogens with one attached hydrogen (secondary N) is 1. The summed E-state index contributed by atoms with van der Waals surface area (Å²) < 4.78 is 109. The van der Waals surface area contributed by atoms with Crippen LogP contribution in [0.25, 0.3) is 0 Å². The van der Waals surface area contributed by atoms with Crippen LogP contribution in [0.3, 0.4) is 0 Å². The average Bonchev–Trinajstić information content (AvgIpc) is 2.54. The lowest BCUT2D eigenvalue weighted by Crippen LogP contribution is -2.16. The molecule has 0 unspecified atom stereocenters. The van der Waals surface area contributed by atoms with Crippen molar-refractivity contribution in [3.05, 3.63) is 52.5 Å². The van der Waals surface area contributed by atoms with E-state index in [1.807, 2.05) is 0 Å². The SMILES string of the molecule is CCOc1ccc(S(=O)(=O)Nc2cc(C(F)(F)F)cc(C(F)(F)F)c2)cc1Cl. The Hall–Kier alpha value is -2.14. The number of halogens is 7. The summed E-state index contributed by atoms with van der Waals surface area (Å²) in [6, 6.07) is 3.66. The van der Waals surface area contributed by atoms with E-state index in [2.05, 4.69) is 0 Å². The van der Waals surface area contributed by atoms with Crippen LogP contribution in [0.2, 0.25) is 5.02 Å². The molecule has 0 radical (unpaired) electrons. The molecule has 0 spiro atoms. The van der Waals surface area contributed by atoms with E-state index in [9.17, 15) is 34.8 Å². The van der Waals surface area contributed by atoms with Gasteiger partial charge in [-0.25, -0.2) is 8.42 Å². The maximum absolute atomic E-state index is 12.9. The maximum Gasteiger partial charge on any atom is 0.416 e. The maximum atomic E-state index is 12.9. The van der Waals surface area contributed by atoms with Crippen molar-refractivity contribution in [1.29, 1.82) is 0 Å². The van der Waals surface area contributed by atoms with Crippen molar-refractivity contribution in [3.63, 3.8) is 0 Å². The molecule has 1 N–H and O–H groups in total. The molecule has 2 rings (SSSR count). The topological polar surface area (TPSA) is 55.4 Å². The minimum atomic E-state index is -5.11. The van der Waals surface area contributed by atoms with Gasteiger partial charge in [-0.3, -0.25) is 4.72 Å². The van der Waals surface area contributed by atoms with Crippen molar-refractivity contribution in [3.8, 4) is 5.75 Å². The Balaban J connectivity index is 2.47. The Morgan fingerprint density at radius 2 is 1.50 bits per heavy atom. The molecule has 0 aromatic heterocycles. The second-order valence-electron chi connectivity index (χ2n) is 5.43. The molecule has 0 saturated carbocycles. The van der Waals surface area contributed by atoms with E-state index in [1.54, 1.807) is 11.6 Å². The average molecular weight is 448 g/mol. The zero-order valence-corrected chi connectivity index (χ0v) is 15.5. The van der Waals surface area contributed by atoms with Gasteiger partial charge < -0.3 is 4.74 Å². The molecule has 0 heterocycles. The van der Waals surface area contributed by atoms with Crippen LogP contribution < -0.4 is 9.46 Å². The molecule has 0 atom stereocenters. The molecule has 0 saturated heterocycles. The Kier molecular flexibility index (Phi) is 6.10. The fourth-order valence-corrected chi connectivity index (χ4v) is 3.52. The van der Waals surface area contributed by atoms with Gasteiger partial charge in [0.1, 0.15) is 5.75 Å². The number of sulfonamides is 1. The fraction of sp³-hybridized carbons (Fsp3) is 0.250. The smallest absolute Gasteiger partial charge is 0.416 e. The fourth-order valence-electron chi connectivity index (χ4n) is 2.15. The molecule has 0 fully saturated rings. The highest BCUT2D eigenvalue weighted by Gasteiger charge is 2.37. The Morgan fingerprint density at radius 1 is 0.964 bits per heavy atom. The molecule has 0 aliphatic heterocycles. The third-order valence-corrected chi connectivity index (χ3v) is 5.03. The summed E-state index contributed by atoms with van der Waals surface area (Å²) in [5, 5.41) is -0.0928. The monoisotopic (exact) mass is 447 g/mol. The van der Waals surface area contributed by atoms with Crippen LogP contribution >= 0.6 is 11.6 Å². The van der Waals surface area contributed by atoms with Crippen LogP contribution in [0.5, 0.6) is 5.75 Å². The number of hydrogen-bond donors (Lipinski definition) is 1. The van der Waals surface area contributed by atoms with E-state index < -0.39 is 44.1 Å². The van der Waals surface area contributed by atoms with Crippen LogP contribution in [0.15, 0.2) is 41.3 Å². The molecule has 4 nitrogen and oxygen atoms in total. The minimum Gasteiger partial charge on any atom is -0.492 e. The summed E-state index contributed by atoms with van der Waals surface area (Å²) in [5.41, 5.74) is -4.19. The summed E-state index contributed by atoms with van der Waals surface area (Å²) in [4.78, 5) is -0.466. The zero-order chi connectivity index (χ0) is 21.3. The van der Waals surface area contributed by atoms with Crippen molar-refractivity contribution >= 4 is 27.3 Å². The van der Waals surface area contributed by atoms with E-state index in [0.29, 0.717) is 0 Å². The van der Waals surface area contributed by atoms with Gasteiger partial charge in [-0.05, 0) is 43.3 Å². The predicted octanol–water partition coefficient (Wildman–Crippen LogP) is 5.58. The first-order chi connectivity index (χ1) is 12.7. The van der Waals surface area contributed by atoms with Crippen LogP contribution in [-0.4, -0.2) is 15.0 Å². The van der Waals surface area contributed by atoms with Gasteiger partial charge >= 0.3 is 12.4 Å². The number of hydrogen-bond acceptors (Lipinski definition) is 3. The lowest BCUT2D eigenvalue weighted by molar-refractivity contribution is -0.143. The van der Waals surface area contributed by atoms with Crippen molar-refractivity contribution in [2.45, 2.75) is 24.2 Å². The normalized spacial score (nSPS) is 12.7. The van der Waals surface area contributed by atoms with Gasteiger partial charge in [-0.15, -0.1) is 0 Å². The molecule has 2 aromatic rings. The third-order valence-electron chi connectivity index (χ3n) is 3.35. The van der Waals surface area contributed by atoms with Gasteiger partial charge in [0.05, 0.1) is 33.3 Å². The zero-order valence-electron chi connectivity index (χ0n) is 13.9. The van der Waals surface area contributed by atoms with Crippen molar-refractivity contribution in [1.82, 2.24) is 0 Å². The number of anilines is 1. The van der Waals surface area contributed by atoms with Crippen LogP contribution in [0.4, 0.5) is 32.0 Å². The highest BCUT2D eigenvalue weighted by Crippen LogP contribution is 2.38. The lowest BCUT2D eigenvalue weighted by atomic mass is 10.1. The molecule has 154 valence electrons. The van der Waals surface area contributed by atoms with Gasteiger partial charge in [0.25, 0.3) is 10.0 Å². The van der Waals surface area contributed by atoms with E-state index in [1.165, 1.54) is 6.07 Å². The summed E-state index contributed by atoms with van der Waals surface area (Å²) in [5.74, 6) is 0.168. The predicted molar refractivity (Wildman–Crippen MR) is 89.9 cm³/mol. The Bertz CT molecular complexity index is 941. The van der Waals surface area contributed by atoms with Crippen molar-refractivity contribution in [2.75, 3.05) is 11.3 Å². The largest absolute Gasteiger partial charge is 0.492 e. The number of benzene rings is 2. The first-order valence-electron chi connectivity index (χ1n) is 7.48. The van der Waals surface area contributed by atoms with E-state index in [-0.39, 0.29) is 35.6 Å². The van der Waals surface area contributed by atoms with E-state index in [0.717, 1.165) is 12.1 Å². The third kappa shape index (κ3) is 5.22. The van der Waals surface area contributed by atoms with E-state index >= 15 is 0 Å². The number of alkyl halides is 6. The second-order valence-corrected chi connectivity index (χ2v) is 7.51. The van der Waals surface area contributed by atoms with Gasteiger partial charge in [0.15, 0.2) is 0 Å². The van der Waals surface area contributed by atoms with Crippen LogP contribution in [0, 0.1) is 0 Å². The Labute approximate surface area is 161 Å². The van der Waals surface area contributed by atoms with Crippen LogP contribution in [-0.2, 0) is 22.4 Å². The summed E-state index contributed by atoms with van der Waals surface area (Å²) in [6.07, 6.45) is -10.2. The molecule has 0 bridgehead atoms. The molecule has 0 amide bonds. The summed E-state index contributed by atoms with van der Waals surface area (Å²) in [7, 11) is -4.52. The van der Waals surface area contributed by atoms with Crippen LogP contribution in [0.1, 0.15) is 18.1 Å². The molecule has 0 aliphatic rings. The standard InChI is InChI=1S/C16H12ClF6NO3S/c1-2-27-14-4-3-12(8-13(14)17)28(25,26)24-11-6-9(15(18,19)20)5-10(7-11)16(21,22)23/h3-8,24H,2H2,1H3. The van der Waals surface area contributed by atoms with Crippen molar-refractivity contribution in [2.24, 2.45) is 0 Å². The molecule has 2 aromatic carbocycles. The lowest BCUT2D eigenvalue weighted by Gasteiger charge is -2.16. The van der Waals surface area contributed by atoms with Gasteiger partial charge in [-0.1, -0.05) is 11.6 Å². The highest BCUT2D eigenvalue weighted by atomic mass is 35.5. The number of rotatable bonds is 5. The van der Waals surface area contributed by atoms with E-state index in [4.69, 9.17) is 16.3 Å². The van der Waals surface area contributed by atoms with Gasteiger partial charge in [0, 0.05) is 0 Å². The molecule has 0 aliphatic carbocycles. The minimum absolute atomic E-state index is 0.0928. The first kappa shape index (κ1) is 22.2. The first-order valence-corrected chi connectivity index (χ1v) is 9.35. The van der Waals surface area contributed by atoms with Gasteiger partial charge in [-0.2, -0.15) is 26.3 Å². The quantitative estimate of drug-likeness (QED) is 0.609. The number of ether oxygens (including phenoxy) is 1. The highest BCUT2D eigenvalue weighted by molar-refractivity contribution is 7.92.